The van der Waals surface area contributed by atoms with Gasteiger partial charge in [0.2, 0.25) is 5.91 Å². The molecule has 0 spiro atoms. The Labute approximate surface area is 118 Å². The predicted octanol–water partition coefficient (Wildman–Crippen LogP) is 2.30. The first kappa shape index (κ1) is 18.4. The van der Waals surface area contributed by atoms with Gasteiger partial charge in [0.05, 0.1) is 0 Å². The summed E-state index contributed by atoms with van der Waals surface area (Å²) in [5.41, 5.74) is 16.2. The fraction of sp³-hybridized carbons (Fsp3) is 0.933. The molecular weight excluding hydrogens is 238 g/mol. The molecule has 6 N–H and O–H groups in total. The monoisotopic (exact) mass is 271 g/mol. The molecule has 0 aliphatic carbocycles. The van der Waals surface area contributed by atoms with Crippen LogP contribution in [0.2, 0.25) is 0 Å². The van der Waals surface area contributed by atoms with E-state index in [-0.39, 0.29) is 5.91 Å². The Morgan fingerprint density at radius 3 is 1.89 bits per heavy atom. The van der Waals surface area contributed by atoms with E-state index >= 15 is 0 Å². The molecule has 0 aliphatic rings. The highest BCUT2D eigenvalue weighted by Crippen LogP contribution is 2.21. The molecule has 0 bridgehead atoms. The van der Waals surface area contributed by atoms with Crippen LogP contribution in [0.4, 0.5) is 0 Å². The lowest BCUT2D eigenvalue weighted by molar-refractivity contribution is -0.118. The molecular formula is C15H33N3O. The topological polar surface area (TPSA) is 95.1 Å². The lowest BCUT2D eigenvalue weighted by Gasteiger charge is -2.16. The normalized spacial score (nSPS) is 12.5. The maximum Gasteiger partial charge on any atom is 0.217 e. The number of carbonyl (C=O) groups excluding carboxylic acids is 1. The highest BCUT2D eigenvalue weighted by atomic mass is 16.1. The largest absolute Gasteiger partial charge is 0.370 e. The van der Waals surface area contributed by atoms with Crippen LogP contribution in [0.5, 0.6) is 0 Å². The van der Waals surface area contributed by atoms with Crippen LogP contribution in [0.25, 0.3) is 0 Å². The molecule has 0 aromatic rings. The van der Waals surface area contributed by atoms with Crippen LogP contribution in [0.15, 0.2) is 0 Å². The minimum absolute atomic E-state index is 0.181. The molecule has 0 radical (unpaired) electrons. The van der Waals surface area contributed by atoms with Gasteiger partial charge in [0.1, 0.15) is 0 Å². The van der Waals surface area contributed by atoms with Gasteiger partial charge in [0.15, 0.2) is 0 Å². The van der Waals surface area contributed by atoms with Crippen molar-refractivity contribution >= 4 is 5.91 Å². The van der Waals surface area contributed by atoms with Crippen LogP contribution in [0.1, 0.15) is 70.6 Å². The fourth-order valence-electron chi connectivity index (χ4n) is 2.51. The molecule has 4 nitrogen and oxygen atoms in total. The highest BCUT2D eigenvalue weighted by molar-refractivity contribution is 5.73. The molecule has 1 unspecified atom stereocenters. The van der Waals surface area contributed by atoms with E-state index in [1.807, 2.05) is 0 Å². The average molecular weight is 271 g/mol. The molecule has 19 heavy (non-hydrogen) atoms. The lowest BCUT2D eigenvalue weighted by atomic mass is 9.91. The molecule has 0 fully saturated rings. The van der Waals surface area contributed by atoms with Gasteiger partial charge in [-0.3, -0.25) is 4.79 Å². The van der Waals surface area contributed by atoms with Gasteiger partial charge in [-0.15, -0.1) is 0 Å². The minimum Gasteiger partial charge on any atom is -0.370 e. The van der Waals surface area contributed by atoms with Gasteiger partial charge in [-0.05, 0) is 51.1 Å². The molecule has 0 heterocycles. The number of carbonyl (C=O) groups is 1. The molecule has 0 aromatic carbocycles. The molecule has 0 saturated carbocycles. The Bertz CT molecular complexity index is 210. The Balaban J connectivity index is 3.63. The Morgan fingerprint density at radius 1 is 0.737 bits per heavy atom. The first-order valence-electron chi connectivity index (χ1n) is 7.89. The summed E-state index contributed by atoms with van der Waals surface area (Å²) in [6.45, 7) is 1.58. The van der Waals surface area contributed by atoms with Gasteiger partial charge < -0.3 is 17.2 Å². The summed E-state index contributed by atoms with van der Waals surface area (Å²) in [5, 5.41) is 0. The van der Waals surface area contributed by atoms with Crippen molar-refractivity contribution in [2.24, 2.45) is 23.1 Å². The molecule has 1 atom stereocenters. The Morgan fingerprint density at radius 2 is 1.26 bits per heavy atom. The van der Waals surface area contributed by atoms with E-state index in [4.69, 9.17) is 17.2 Å². The number of rotatable bonds is 14. The zero-order chi connectivity index (χ0) is 14.3. The van der Waals surface area contributed by atoms with Crippen molar-refractivity contribution < 1.29 is 4.79 Å². The third kappa shape index (κ3) is 13.6. The van der Waals surface area contributed by atoms with E-state index in [1.54, 1.807) is 0 Å². The predicted molar refractivity (Wildman–Crippen MR) is 81.6 cm³/mol. The van der Waals surface area contributed by atoms with E-state index in [9.17, 15) is 4.79 Å². The van der Waals surface area contributed by atoms with Gasteiger partial charge in [-0.2, -0.15) is 0 Å². The summed E-state index contributed by atoms with van der Waals surface area (Å²) < 4.78 is 0. The second-order valence-corrected chi connectivity index (χ2v) is 5.50. The van der Waals surface area contributed by atoms with Gasteiger partial charge >= 0.3 is 0 Å². The molecule has 0 rings (SSSR count). The number of unbranched alkanes of at least 4 members (excludes halogenated alkanes) is 4. The van der Waals surface area contributed by atoms with E-state index in [2.05, 4.69) is 0 Å². The summed E-state index contributed by atoms with van der Waals surface area (Å²) in [4.78, 5) is 10.7. The van der Waals surface area contributed by atoms with Crippen LogP contribution in [0.3, 0.4) is 0 Å². The summed E-state index contributed by atoms with van der Waals surface area (Å²) >= 11 is 0. The Kier molecular flexibility index (Phi) is 13.4. The van der Waals surface area contributed by atoms with Gasteiger partial charge in [-0.25, -0.2) is 0 Å². The van der Waals surface area contributed by atoms with E-state index in [1.165, 1.54) is 38.5 Å². The third-order valence-electron chi connectivity index (χ3n) is 3.67. The molecule has 4 heteroatoms. The zero-order valence-corrected chi connectivity index (χ0v) is 12.4. The number of primary amides is 1. The van der Waals surface area contributed by atoms with Crippen LogP contribution in [0, 0.1) is 5.92 Å². The number of nitrogens with two attached hydrogens (primary N) is 3. The van der Waals surface area contributed by atoms with Crippen molar-refractivity contribution in [1.29, 1.82) is 0 Å². The second kappa shape index (κ2) is 13.8. The van der Waals surface area contributed by atoms with Gasteiger partial charge in [0, 0.05) is 6.42 Å². The number of hydrogen-bond donors (Lipinski definition) is 3. The van der Waals surface area contributed by atoms with Crippen LogP contribution in [-0.2, 0) is 4.79 Å². The molecule has 0 aliphatic heterocycles. The second-order valence-electron chi connectivity index (χ2n) is 5.50. The van der Waals surface area contributed by atoms with Crippen molar-refractivity contribution in [3.8, 4) is 0 Å². The van der Waals surface area contributed by atoms with Crippen LogP contribution < -0.4 is 17.2 Å². The summed E-state index contributed by atoms with van der Waals surface area (Å²) in [7, 11) is 0. The first-order valence-corrected chi connectivity index (χ1v) is 7.89. The molecule has 114 valence electrons. The lowest BCUT2D eigenvalue weighted by Crippen LogP contribution is -2.11. The summed E-state index contributed by atoms with van der Waals surface area (Å²) in [6.07, 6.45) is 12.4. The highest BCUT2D eigenvalue weighted by Gasteiger charge is 2.08. The summed E-state index contributed by atoms with van der Waals surface area (Å²) in [6, 6.07) is 0. The molecule has 0 saturated heterocycles. The van der Waals surface area contributed by atoms with Crippen molar-refractivity contribution in [3.63, 3.8) is 0 Å². The summed E-state index contributed by atoms with van der Waals surface area (Å²) in [5.74, 6) is 0.539. The molecule has 0 aromatic heterocycles. The van der Waals surface area contributed by atoms with E-state index in [0.717, 1.165) is 44.7 Å². The van der Waals surface area contributed by atoms with Crippen molar-refractivity contribution in [2.45, 2.75) is 70.6 Å². The SMILES string of the molecule is NCCCCCCCC(CCCN)CCCC(N)=O. The maximum absolute atomic E-state index is 10.7. The standard InChI is InChI=1S/C15H33N3O/c16-12-5-3-1-2-4-8-14(10-7-13-17)9-6-11-15(18)19/h14H,1-13,16-17H2,(H2,18,19). The van der Waals surface area contributed by atoms with Crippen molar-refractivity contribution in [2.75, 3.05) is 13.1 Å². The van der Waals surface area contributed by atoms with Crippen LogP contribution >= 0.6 is 0 Å². The van der Waals surface area contributed by atoms with Crippen LogP contribution in [-0.4, -0.2) is 19.0 Å². The number of hydrogen-bond acceptors (Lipinski definition) is 3. The van der Waals surface area contributed by atoms with E-state index in [0.29, 0.717) is 6.42 Å². The Hall–Kier alpha value is -0.610. The van der Waals surface area contributed by atoms with Crippen molar-refractivity contribution in [3.05, 3.63) is 0 Å². The fourth-order valence-corrected chi connectivity index (χ4v) is 2.51. The molecule has 1 amide bonds. The quantitative estimate of drug-likeness (QED) is 0.423. The maximum atomic E-state index is 10.7. The average Bonchev–Trinajstić information content (AvgIpc) is 2.38. The zero-order valence-electron chi connectivity index (χ0n) is 12.4. The van der Waals surface area contributed by atoms with Crippen molar-refractivity contribution in [1.82, 2.24) is 0 Å². The van der Waals surface area contributed by atoms with E-state index < -0.39 is 0 Å². The van der Waals surface area contributed by atoms with Gasteiger partial charge in [-0.1, -0.05) is 32.1 Å². The first-order chi connectivity index (χ1) is 9.20. The minimum atomic E-state index is -0.181. The smallest absolute Gasteiger partial charge is 0.217 e. The van der Waals surface area contributed by atoms with Gasteiger partial charge in [0.25, 0.3) is 0 Å². The third-order valence-corrected chi connectivity index (χ3v) is 3.67. The number of amides is 1.